The molecule has 0 aliphatic rings. The molecule has 0 radical (unpaired) electrons. The Morgan fingerprint density at radius 2 is 1.96 bits per heavy atom. The van der Waals surface area contributed by atoms with Gasteiger partial charge in [-0.2, -0.15) is 0 Å². The standard InChI is InChI=1S/C17H25N5O2/c1-6-21(11-15(23)18-17(3,4)5)16(24)12-8-9-14-13(10-12)19-20-22(14)7-2/h8-10H,6-7,11H2,1-5H3,(H,18,23). The highest BCUT2D eigenvalue weighted by Gasteiger charge is 2.21. The summed E-state index contributed by atoms with van der Waals surface area (Å²) in [4.78, 5) is 26.3. The quantitative estimate of drug-likeness (QED) is 0.906. The Hall–Kier alpha value is -2.44. The average molecular weight is 331 g/mol. The predicted octanol–water partition coefficient (Wildman–Crippen LogP) is 1.83. The molecule has 1 aromatic carbocycles. The van der Waals surface area contributed by atoms with Crippen molar-refractivity contribution < 1.29 is 9.59 Å². The normalized spacial score (nSPS) is 11.5. The summed E-state index contributed by atoms with van der Waals surface area (Å²) in [6.07, 6.45) is 0. The number of nitrogens with zero attached hydrogens (tertiary/aromatic N) is 4. The van der Waals surface area contributed by atoms with Crippen molar-refractivity contribution in [1.82, 2.24) is 25.2 Å². The van der Waals surface area contributed by atoms with Gasteiger partial charge in [0.2, 0.25) is 5.91 Å². The van der Waals surface area contributed by atoms with Gasteiger partial charge in [0.05, 0.1) is 12.1 Å². The number of benzene rings is 1. The van der Waals surface area contributed by atoms with E-state index in [0.717, 1.165) is 12.1 Å². The van der Waals surface area contributed by atoms with Gasteiger partial charge < -0.3 is 10.2 Å². The van der Waals surface area contributed by atoms with Crippen LogP contribution in [-0.2, 0) is 11.3 Å². The van der Waals surface area contributed by atoms with Gasteiger partial charge in [0.15, 0.2) is 0 Å². The Morgan fingerprint density at radius 1 is 1.25 bits per heavy atom. The second kappa shape index (κ2) is 6.98. The fraction of sp³-hybridized carbons (Fsp3) is 0.529. The van der Waals surface area contributed by atoms with Gasteiger partial charge >= 0.3 is 0 Å². The van der Waals surface area contributed by atoms with Crippen molar-refractivity contribution in [3.8, 4) is 0 Å². The minimum atomic E-state index is -0.322. The summed E-state index contributed by atoms with van der Waals surface area (Å²) < 4.78 is 1.78. The third-order valence-corrected chi connectivity index (χ3v) is 3.58. The van der Waals surface area contributed by atoms with Gasteiger partial charge in [-0.1, -0.05) is 5.21 Å². The number of carbonyl (C=O) groups excluding carboxylic acids is 2. The van der Waals surface area contributed by atoms with E-state index in [1.54, 1.807) is 16.8 Å². The highest BCUT2D eigenvalue weighted by molar-refractivity contribution is 5.99. The third-order valence-electron chi connectivity index (χ3n) is 3.58. The first-order valence-electron chi connectivity index (χ1n) is 8.18. The van der Waals surface area contributed by atoms with Crippen LogP contribution in [0.1, 0.15) is 45.0 Å². The molecule has 7 heteroatoms. The fourth-order valence-electron chi connectivity index (χ4n) is 2.48. The molecule has 1 N–H and O–H groups in total. The monoisotopic (exact) mass is 331 g/mol. The molecule has 0 bridgehead atoms. The molecule has 1 heterocycles. The van der Waals surface area contributed by atoms with E-state index in [9.17, 15) is 9.59 Å². The van der Waals surface area contributed by atoms with Crippen LogP contribution >= 0.6 is 0 Å². The zero-order valence-electron chi connectivity index (χ0n) is 15.0. The highest BCUT2D eigenvalue weighted by Crippen LogP contribution is 2.15. The summed E-state index contributed by atoms with van der Waals surface area (Å²) >= 11 is 0. The van der Waals surface area contributed by atoms with E-state index in [1.807, 2.05) is 40.7 Å². The second-order valence-electron chi connectivity index (χ2n) is 6.73. The lowest BCUT2D eigenvalue weighted by Crippen LogP contribution is -2.47. The Balaban J connectivity index is 2.17. The number of aromatic nitrogens is 3. The smallest absolute Gasteiger partial charge is 0.254 e. The van der Waals surface area contributed by atoms with Crippen molar-refractivity contribution in [2.45, 2.75) is 46.7 Å². The van der Waals surface area contributed by atoms with Gasteiger partial charge in [-0.3, -0.25) is 9.59 Å². The molecule has 0 saturated carbocycles. The molecule has 0 unspecified atom stereocenters. The van der Waals surface area contributed by atoms with Crippen LogP contribution < -0.4 is 5.32 Å². The number of likely N-dealkylation sites (N-methyl/N-ethyl adjacent to an activating group) is 1. The van der Waals surface area contributed by atoms with Gasteiger partial charge in [-0.25, -0.2) is 4.68 Å². The average Bonchev–Trinajstić information content (AvgIpc) is 2.92. The number of nitrogens with one attached hydrogen (secondary N) is 1. The van der Waals surface area contributed by atoms with Crippen LogP contribution in [0.15, 0.2) is 18.2 Å². The Labute approximate surface area is 142 Å². The van der Waals surface area contributed by atoms with Crippen molar-refractivity contribution in [1.29, 1.82) is 0 Å². The Bertz CT molecular complexity index is 745. The van der Waals surface area contributed by atoms with Crippen LogP contribution in [0.5, 0.6) is 0 Å². The van der Waals surface area contributed by atoms with Crippen molar-refractivity contribution in [2.24, 2.45) is 0 Å². The van der Waals surface area contributed by atoms with Gasteiger partial charge in [-0.15, -0.1) is 5.10 Å². The molecule has 24 heavy (non-hydrogen) atoms. The maximum atomic E-state index is 12.7. The number of rotatable bonds is 5. The van der Waals surface area contributed by atoms with Gasteiger partial charge in [0.25, 0.3) is 5.91 Å². The minimum absolute atomic E-state index is 0.0340. The van der Waals surface area contributed by atoms with Crippen molar-refractivity contribution in [2.75, 3.05) is 13.1 Å². The number of amides is 2. The highest BCUT2D eigenvalue weighted by atomic mass is 16.2. The topological polar surface area (TPSA) is 80.1 Å². The predicted molar refractivity (Wildman–Crippen MR) is 92.7 cm³/mol. The maximum absolute atomic E-state index is 12.7. The van der Waals surface area contributed by atoms with E-state index >= 15 is 0 Å². The first kappa shape index (κ1) is 17.9. The molecular formula is C17H25N5O2. The summed E-state index contributed by atoms with van der Waals surface area (Å²) in [5.41, 5.74) is 1.76. The van der Waals surface area contributed by atoms with Crippen LogP contribution in [0.3, 0.4) is 0 Å². The van der Waals surface area contributed by atoms with Crippen LogP contribution in [0.4, 0.5) is 0 Å². The molecule has 2 aromatic rings. The lowest BCUT2D eigenvalue weighted by Gasteiger charge is -2.25. The Kier molecular flexibility index (Phi) is 5.21. The van der Waals surface area contributed by atoms with E-state index in [1.165, 1.54) is 4.90 Å². The fourth-order valence-corrected chi connectivity index (χ4v) is 2.48. The van der Waals surface area contributed by atoms with E-state index in [2.05, 4.69) is 15.6 Å². The number of hydrogen-bond donors (Lipinski definition) is 1. The summed E-state index contributed by atoms with van der Waals surface area (Å²) in [5.74, 6) is -0.356. The molecule has 130 valence electrons. The molecule has 0 aliphatic heterocycles. The zero-order valence-corrected chi connectivity index (χ0v) is 15.0. The molecular weight excluding hydrogens is 306 g/mol. The molecule has 7 nitrogen and oxygen atoms in total. The van der Waals surface area contributed by atoms with E-state index in [0.29, 0.717) is 17.6 Å². The number of carbonyl (C=O) groups is 2. The van der Waals surface area contributed by atoms with Crippen molar-refractivity contribution in [3.63, 3.8) is 0 Å². The molecule has 1 aromatic heterocycles. The molecule has 2 amide bonds. The van der Waals surface area contributed by atoms with Gasteiger partial charge in [0, 0.05) is 24.2 Å². The van der Waals surface area contributed by atoms with Crippen LogP contribution in [-0.4, -0.2) is 50.3 Å². The van der Waals surface area contributed by atoms with Crippen LogP contribution in [0.25, 0.3) is 11.0 Å². The van der Waals surface area contributed by atoms with E-state index in [-0.39, 0.29) is 23.9 Å². The molecule has 0 atom stereocenters. The second-order valence-corrected chi connectivity index (χ2v) is 6.73. The van der Waals surface area contributed by atoms with E-state index in [4.69, 9.17) is 0 Å². The SMILES string of the molecule is CCN(CC(=O)NC(C)(C)C)C(=O)c1ccc2c(c1)nnn2CC. The van der Waals surface area contributed by atoms with Gasteiger partial charge in [-0.05, 0) is 52.8 Å². The zero-order chi connectivity index (χ0) is 17.9. The number of fused-ring (bicyclic) bond motifs is 1. The first-order chi connectivity index (χ1) is 11.2. The van der Waals surface area contributed by atoms with Crippen LogP contribution in [0.2, 0.25) is 0 Å². The lowest BCUT2D eigenvalue weighted by molar-refractivity contribution is -0.123. The summed E-state index contributed by atoms with van der Waals surface area (Å²) in [6.45, 7) is 10.8. The minimum Gasteiger partial charge on any atom is -0.350 e. The third kappa shape index (κ3) is 4.10. The summed E-state index contributed by atoms with van der Waals surface area (Å²) in [7, 11) is 0. The Morgan fingerprint density at radius 3 is 2.54 bits per heavy atom. The molecule has 0 spiro atoms. The number of aryl methyl sites for hydroxylation is 1. The van der Waals surface area contributed by atoms with Crippen LogP contribution in [0, 0.1) is 0 Å². The first-order valence-corrected chi connectivity index (χ1v) is 8.18. The van der Waals surface area contributed by atoms with E-state index < -0.39 is 0 Å². The maximum Gasteiger partial charge on any atom is 0.254 e. The van der Waals surface area contributed by atoms with Crippen molar-refractivity contribution >= 4 is 22.8 Å². The molecule has 0 aliphatic carbocycles. The van der Waals surface area contributed by atoms with Gasteiger partial charge in [0.1, 0.15) is 5.52 Å². The van der Waals surface area contributed by atoms with Crippen molar-refractivity contribution in [3.05, 3.63) is 23.8 Å². The summed E-state index contributed by atoms with van der Waals surface area (Å²) in [6, 6.07) is 5.32. The molecule has 0 saturated heterocycles. The molecule has 0 fully saturated rings. The summed E-state index contributed by atoms with van der Waals surface area (Å²) in [5, 5.41) is 11.0. The lowest BCUT2D eigenvalue weighted by atomic mass is 10.1. The number of hydrogen-bond acceptors (Lipinski definition) is 4. The molecule has 2 rings (SSSR count). The largest absolute Gasteiger partial charge is 0.350 e.